The molecule has 0 aliphatic heterocycles. The summed E-state index contributed by atoms with van der Waals surface area (Å²) in [5, 5.41) is 14.3. The van der Waals surface area contributed by atoms with E-state index in [4.69, 9.17) is 20.9 Å². The average Bonchev–Trinajstić information content (AvgIpc) is 3.67. The molecule has 2 heterocycles. The quantitative estimate of drug-likeness (QED) is 0.327. The predicted octanol–water partition coefficient (Wildman–Crippen LogP) is 6.18. The van der Waals surface area contributed by atoms with E-state index in [1.807, 2.05) is 25.1 Å². The number of rotatable bonds is 6. The van der Waals surface area contributed by atoms with Gasteiger partial charge in [0.25, 0.3) is 0 Å². The molecule has 2 aliphatic rings. The second-order valence-electron chi connectivity index (χ2n) is 9.52. The number of carboxylic acids is 1. The second kappa shape index (κ2) is 9.16. The summed E-state index contributed by atoms with van der Waals surface area (Å²) in [7, 11) is 0. The number of ketones is 1. The van der Waals surface area contributed by atoms with Crippen molar-refractivity contribution in [3.63, 3.8) is 0 Å². The Bertz CT molecular complexity index is 1550. The summed E-state index contributed by atoms with van der Waals surface area (Å²) >= 11 is 6.53. The molecule has 1 N–H and O–H groups in total. The van der Waals surface area contributed by atoms with Gasteiger partial charge in [-0.1, -0.05) is 35.0 Å². The first-order valence-corrected chi connectivity index (χ1v) is 12.6. The number of carboxylic acid groups (broad SMARTS) is 1. The zero-order valence-corrected chi connectivity index (χ0v) is 20.8. The predicted molar refractivity (Wildman–Crippen MR) is 136 cm³/mol. The molecule has 0 spiro atoms. The standard InChI is InChI=1S/C29H23ClN2O5/c1-15-3-2-4-22(30)25(15)26-21(28(37-32-26)17-6-7-17)14-36-24-12-10-19-23(31-24)11-9-16-5-8-18(29(34)35)13-20(16)27(19)33/h2-5,8,10,12-13,17H,6-7,9,11,14H2,1H3,(H,34,35). The monoisotopic (exact) mass is 514 g/mol. The Labute approximate surface area is 218 Å². The Morgan fingerprint density at radius 3 is 2.73 bits per heavy atom. The maximum absolute atomic E-state index is 13.2. The van der Waals surface area contributed by atoms with Crippen LogP contribution in [0.2, 0.25) is 5.02 Å². The highest BCUT2D eigenvalue weighted by molar-refractivity contribution is 6.33. The minimum atomic E-state index is -1.06. The molecule has 37 heavy (non-hydrogen) atoms. The topological polar surface area (TPSA) is 103 Å². The smallest absolute Gasteiger partial charge is 0.335 e. The summed E-state index contributed by atoms with van der Waals surface area (Å²) in [6.07, 6.45) is 3.22. The van der Waals surface area contributed by atoms with E-state index in [1.165, 1.54) is 12.1 Å². The highest BCUT2D eigenvalue weighted by Crippen LogP contribution is 2.45. The third kappa shape index (κ3) is 4.29. The molecule has 186 valence electrons. The maximum atomic E-state index is 13.2. The van der Waals surface area contributed by atoms with Crippen LogP contribution in [0.5, 0.6) is 5.88 Å². The van der Waals surface area contributed by atoms with Crippen molar-refractivity contribution in [1.82, 2.24) is 10.1 Å². The highest BCUT2D eigenvalue weighted by atomic mass is 35.5. The van der Waals surface area contributed by atoms with E-state index in [2.05, 4.69) is 10.1 Å². The van der Waals surface area contributed by atoms with Crippen molar-refractivity contribution in [2.24, 2.45) is 0 Å². The number of aromatic carboxylic acids is 1. The Kier molecular flexibility index (Phi) is 5.80. The number of aryl methyl sites for hydroxylation is 3. The number of hydrogen-bond donors (Lipinski definition) is 1. The molecule has 0 unspecified atom stereocenters. The third-order valence-corrected chi connectivity index (χ3v) is 7.33. The summed E-state index contributed by atoms with van der Waals surface area (Å²) in [4.78, 5) is 29.3. The van der Waals surface area contributed by atoms with E-state index in [9.17, 15) is 14.7 Å². The van der Waals surface area contributed by atoms with E-state index in [1.54, 1.807) is 18.2 Å². The summed E-state index contributed by atoms with van der Waals surface area (Å²) in [5.41, 5.74) is 5.78. The molecule has 2 aromatic carbocycles. The van der Waals surface area contributed by atoms with Gasteiger partial charge in [0.1, 0.15) is 18.1 Å². The molecule has 1 fully saturated rings. The average molecular weight is 515 g/mol. The van der Waals surface area contributed by atoms with E-state index in [-0.39, 0.29) is 18.0 Å². The van der Waals surface area contributed by atoms with Crippen LogP contribution in [0.25, 0.3) is 11.3 Å². The van der Waals surface area contributed by atoms with Crippen LogP contribution in [0.1, 0.15) is 73.2 Å². The van der Waals surface area contributed by atoms with E-state index in [0.29, 0.717) is 52.2 Å². The normalized spacial score (nSPS) is 14.6. The molecule has 0 radical (unpaired) electrons. The molecule has 8 heteroatoms. The fourth-order valence-corrected chi connectivity index (χ4v) is 5.21. The fraction of sp³-hybridized carbons (Fsp3) is 0.241. The summed E-state index contributed by atoms with van der Waals surface area (Å²) in [5.74, 6) is 0.260. The van der Waals surface area contributed by atoms with Gasteiger partial charge in [-0.15, -0.1) is 0 Å². The largest absolute Gasteiger partial charge is 0.478 e. The van der Waals surface area contributed by atoms with Gasteiger partial charge < -0.3 is 14.4 Å². The van der Waals surface area contributed by atoms with Crippen LogP contribution in [0, 0.1) is 6.92 Å². The SMILES string of the molecule is Cc1cccc(Cl)c1-c1noc(C2CC2)c1COc1ccc2c(n1)CCc1ccc(C(=O)O)cc1C2=O. The molecule has 6 rings (SSSR count). The van der Waals surface area contributed by atoms with Gasteiger partial charge in [-0.2, -0.15) is 0 Å². The van der Waals surface area contributed by atoms with Crippen LogP contribution in [-0.4, -0.2) is 27.0 Å². The van der Waals surface area contributed by atoms with Crippen molar-refractivity contribution in [1.29, 1.82) is 0 Å². The lowest BCUT2D eigenvalue weighted by atomic mass is 9.97. The van der Waals surface area contributed by atoms with E-state index in [0.717, 1.165) is 40.9 Å². The molecule has 4 aromatic rings. The lowest BCUT2D eigenvalue weighted by Gasteiger charge is -2.11. The van der Waals surface area contributed by atoms with Gasteiger partial charge >= 0.3 is 5.97 Å². The van der Waals surface area contributed by atoms with Gasteiger partial charge in [-0.05, 0) is 68.0 Å². The fourth-order valence-electron chi connectivity index (χ4n) is 4.90. The number of aromatic nitrogens is 2. The molecule has 0 amide bonds. The van der Waals surface area contributed by atoms with Crippen LogP contribution in [-0.2, 0) is 19.4 Å². The molecule has 7 nitrogen and oxygen atoms in total. The van der Waals surface area contributed by atoms with Crippen molar-refractivity contribution in [2.75, 3.05) is 0 Å². The Morgan fingerprint density at radius 2 is 1.97 bits per heavy atom. The van der Waals surface area contributed by atoms with E-state index >= 15 is 0 Å². The number of halogens is 1. The first-order chi connectivity index (χ1) is 17.9. The lowest BCUT2D eigenvalue weighted by molar-refractivity contribution is 0.0697. The van der Waals surface area contributed by atoms with Crippen LogP contribution in [0.15, 0.2) is 53.1 Å². The Morgan fingerprint density at radius 1 is 1.14 bits per heavy atom. The summed E-state index contributed by atoms with van der Waals surface area (Å²) < 4.78 is 11.9. The zero-order valence-electron chi connectivity index (χ0n) is 20.1. The minimum Gasteiger partial charge on any atom is -0.478 e. The minimum absolute atomic E-state index is 0.0909. The van der Waals surface area contributed by atoms with Gasteiger partial charge in [0.2, 0.25) is 5.88 Å². The zero-order chi connectivity index (χ0) is 25.7. The van der Waals surface area contributed by atoms with Crippen molar-refractivity contribution in [3.8, 4) is 17.1 Å². The molecular weight excluding hydrogens is 492 g/mol. The Hall–Kier alpha value is -3.97. The second-order valence-corrected chi connectivity index (χ2v) is 9.93. The number of carbonyl (C=O) groups is 2. The molecule has 0 saturated heterocycles. The van der Waals surface area contributed by atoms with E-state index < -0.39 is 5.97 Å². The van der Waals surface area contributed by atoms with Crippen LogP contribution in [0.3, 0.4) is 0 Å². The molecule has 0 atom stereocenters. The van der Waals surface area contributed by atoms with Crippen molar-refractivity contribution in [2.45, 2.75) is 45.1 Å². The first kappa shape index (κ1) is 23.4. The first-order valence-electron chi connectivity index (χ1n) is 12.2. The number of pyridine rings is 1. The molecule has 2 aliphatic carbocycles. The molecular formula is C29H23ClN2O5. The van der Waals surface area contributed by atoms with Gasteiger partial charge in [-0.25, -0.2) is 9.78 Å². The number of carbonyl (C=O) groups excluding carboxylic acids is 1. The summed E-state index contributed by atoms with van der Waals surface area (Å²) in [6.45, 7) is 2.19. The van der Waals surface area contributed by atoms with Gasteiger partial charge in [0.05, 0.1) is 21.8 Å². The van der Waals surface area contributed by atoms with Crippen LogP contribution < -0.4 is 4.74 Å². The molecule has 2 aromatic heterocycles. The highest BCUT2D eigenvalue weighted by Gasteiger charge is 2.33. The van der Waals surface area contributed by atoms with Gasteiger partial charge in [-0.3, -0.25) is 4.79 Å². The lowest BCUT2D eigenvalue weighted by Crippen LogP contribution is -2.08. The van der Waals surface area contributed by atoms with Crippen LogP contribution in [0.4, 0.5) is 0 Å². The summed E-state index contributed by atoms with van der Waals surface area (Å²) in [6, 6.07) is 13.8. The van der Waals surface area contributed by atoms with Crippen molar-refractivity contribution < 1.29 is 24.0 Å². The number of ether oxygens (including phenoxy) is 1. The number of fused-ring (bicyclic) bond motifs is 2. The molecule has 1 saturated carbocycles. The van der Waals surface area contributed by atoms with Gasteiger partial charge in [0.15, 0.2) is 5.78 Å². The van der Waals surface area contributed by atoms with Gasteiger partial charge in [0, 0.05) is 28.7 Å². The number of benzene rings is 2. The van der Waals surface area contributed by atoms with Crippen LogP contribution >= 0.6 is 11.6 Å². The maximum Gasteiger partial charge on any atom is 0.335 e. The van der Waals surface area contributed by atoms with Crippen molar-refractivity contribution >= 4 is 23.4 Å². The Balaban J connectivity index is 1.30. The third-order valence-electron chi connectivity index (χ3n) is 7.02. The molecule has 0 bridgehead atoms. The number of nitrogens with zero attached hydrogens (tertiary/aromatic N) is 2. The van der Waals surface area contributed by atoms with Crippen molar-refractivity contribution in [3.05, 3.63) is 98.4 Å². The number of hydrogen-bond acceptors (Lipinski definition) is 6.